The number of hydrogen-bond donors (Lipinski definition) is 2. The molecule has 0 saturated carbocycles. The predicted molar refractivity (Wildman–Crippen MR) is 106 cm³/mol. The summed E-state index contributed by atoms with van der Waals surface area (Å²) in [6.07, 6.45) is 0. The molecule has 2 N–H and O–H groups in total. The summed E-state index contributed by atoms with van der Waals surface area (Å²) in [7, 11) is -3.90. The standard InChI is InChI=1S/C20H16ClFN2O3S/c21-16-8-4-7-15(11-16)20(25)24-19-10-9-17(12-18(19)22)28(26,27)23-13-14-5-2-1-3-6-14/h1-12,23H,13H2,(H,24,25). The van der Waals surface area contributed by atoms with Crippen molar-refractivity contribution >= 4 is 33.2 Å². The molecule has 0 aliphatic carbocycles. The van der Waals surface area contributed by atoms with Gasteiger partial charge in [-0.15, -0.1) is 0 Å². The number of halogens is 2. The first-order chi connectivity index (χ1) is 13.3. The average molecular weight is 419 g/mol. The van der Waals surface area contributed by atoms with Crippen LogP contribution in [0.5, 0.6) is 0 Å². The summed E-state index contributed by atoms with van der Waals surface area (Å²) >= 11 is 5.84. The number of nitrogens with one attached hydrogen (secondary N) is 2. The van der Waals surface area contributed by atoms with Crippen molar-refractivity contribution in [2.24, 2.45) is 0 Å². The van der Waals surface area contributed by atoms with Crippen LogP contribution in [0.2, 0.25) is 5.02 Å². The number of benzene rings is 3. The second-order valence-electron chi connectivity index (χ2n) is 5.92. The molecule has 0 heterocycles. The number of carbonyl (C=O) groups is 1. The van der Waals surface area contributed by atoms with Crippen molar-refractivity contribution in [3.8, 4) is 0 Å². The van der Waals surface area contributed by atoms with Crippen LogP contribution in [0.4, 0.5) is 10.1 Å². The molecule has 0 spiro atoms. The minimum atomic E-state index is -3.90. The lowest BCUT2D eigenvalue weighted by atomic mass is 10.2. The van der Waals surface area contributed by atoms with E-state index in [1.165, 1.54) is 24.3 Å². The lowest BCUT2D eigenvalue weighted by Crippen LogP contribution is -2.23. The molecule has 3 aromatic carbocycles. The van der Waals surface area contributed by atoms with Gasteiger partial charge in [-0.05, 0) is 42.0 Å². The van der Waals surface area contributed by atoms with Gasteiger partial charge in [0.2, 0.25) is 10.0 Å². The van der Waals surface area contributed by atoms with Crippen LogP contribution in [0.1, 0.15) is 15.9 Å². The monoisotopic (exact) mass is 418 g/mol. The zero-order chi connectivity index (χ0) is 20.1. The molecular weight excluding hydrogens is 403 g/mol. The fourth-order valence-corrected chi connectivity index (χ4v) is 3.67. The Balaban J connectivity index is 1.73. The molecule has 0 saturated heterocycles. The van der Waals surface area contributed by atoms with Gasteiger partial charge in [0, 0.05) is 17.1 Å². The number of anilines is 1. The van der Waals surface area contributed by atoms with E-state index in [0.29, 0.717) is 5.02 Å². The van der Waals surface area contributed by atoms with E-state index in [1.54, 1.807) is 36.4 Å². The van der Waals surface area contributed by atoms with Gasteiger partial charge in [-0.2, -0.15) is 0 Å². The van der Waals surface area contributed by atoms with Gasteiger partial charge in [0.25, 0.3) is 5.91 Å². The fourth-order valence-electron chi connectivity index (χ4n) is 2.45. The van der Waals surface area contributed by atoms with Crippen LogP contribution in [-0.4, -0.2) is 14.3 Å². The van der Waals surface area contributed by atoms with Gasteiger partial charge in [-0.3, -0.25) is 4.79 Å². The molecular formula is C20H16ClFN2O3S. The Morgan fingerprint density at radius 2 is 1.71 bits per heavy atom. The number of carbonyl (C=O) groups excluding carboxylic acids is 1. The molecule has 144 valence electrons. The molecule has 3 aromatic rings. The maximum Gasteiger partial charge on any atom is 0.255 e. The normalized spacial score (nSPS) is 11.2. The van der Waals surface area contributed by atoms with Crippen molar-refractivity contribution < 1.29 is 17.6 Å². The lowest BCUT2D eigenvalue weighted by molar-refractivity contribution is 0.102. The molecule has 0 aromatic heterocycles. The van der Waals surface area contributed by atoms with E-state index in [2.05, 4.69) is 10.0 Å². The zero-order valence-corrected chi connectivity index (χ0v) is 16.1. The fraction of sp³-hybridized carbons (Fsp3) is 0.0500. The molecule has 0 fully saturated rings. The van der Waals surface area contributed by atoms with E-state index in [-0.39, 0.29) is 22.7 Å². The predicted octanol–water partition coefficient (Wildman–Crippen LogP) is 4.21. The molecule has 28 heavy (non-hydrogen) atoms. The van der Waals surface area contributed by atoms with Gasteiger partial charge in [-0.25, -0.2) is 17.5 Å². The van der Waals surface area contributed by atoms with Gasteiger partial charge in [-0.1, -0.05) is 48.0 Å². The highest BCUT2D eigenvalue weighted by molar-refractivity contribution is 7.89. The highest BCUT2D eigenvalue weighted by atomic mass is 35.5. The SMILES string of the molecule is O=C(Nc1ccc(S(=O)(=O)NCc2ccccc2)cc1F)c1cccc(Cl)c1. The largest absolute Gasteiger partial charge is 0.319 e. The Morgan fingerprint density at radius 1 is 0.964 bits per heavy atom. The minimum absolute atomic E-state index is 0.0814. The topological polar surface area (TPSA) is 75.3 Å². The second kappa shape index (κ2) is 8.52. The van der Waals surface area contributed by atoms with Crippen LogP contribution in [-0.2, 0) is 16.6 Å². The molecule has 1 amide bonds. The maximum absolute atomic E-state index is 14.4. The molecule has 0 aliphatic rings. The van der Waals surface area contributed by atoms with Gasteiger partial charge in [0.15, 0.2) is 0 Å². The van der Waals surface area contributed by atoms with Gasteiger partial charge >= 0.3 is 0 Å². The van der Waals surface area contributed by atoms with E-state index in [1.807, 2.05) is 6.07 Å². The first kappa shape index (κ1) is 20.0. The summed E-state index contributed by atoms with van der Waals surface area (Å²) in [6, 6.07) is 18.4. The van der Waals surface area contributed by atoms with Crippen LogP contribution < -0.4 is 10.0 Å². The first-order valence-electron chi connectivity index (χ1n) is 8.25. The molecule has 0 unspecified atom stereocenters. The van der Waals surface area contributed by atoms with Crippen LogP contribution in [0.3, 0.4) is 0 Å². The second-order valence-corrected chi connectivity index (χ2v) is 8.12. The van der Waals surface area contributed by atoms with E-state index in [4.69, 9.17) is 11.6 Å². The lowest BCUT2D eigenvalue weighted by Gasteiger charge is -2.10. The molecule has 0 bridgehead atoms. The third kappa shape index (κ3) is 4.95. The summed E-state index contributed by atoms with van der Waals surface area (Å²) in [6.45, 7) is 0.0814. The molecule has 8 heteroatoms. The number of rotatable bonds is 6. The maximum atomic E-state index is 14.4. The summed E-state index contributed by atoms with van der Waals surface area (Å²) in [5.41, 5.74) is 0.900. The van der Waals surface area contributed by atoms with Crippen molar-refractivity contribution in [3.05, 3.63) is 94.8 Å². The Morgan fingerprint density at radius 3 is 2.39 bits per heavy atom. The molecule has 3 rings (SSSR count). The smallest absolute Gasteiger partial charge is 0.255 e. The van der Waals surface area contributed by atoms with Crippen molar-refractivity contribution in [2.45, 2.75) is 11.4 Å². The summed E-state index contributed by atoms with van der Waals surface area (Å²) in [4.78, 5) is 12.0. The Labute approximate surface area is 167 Å². The average Bonchev–Trinajstić information content (AvgIpc) is 2.68. The summed E-state index contributed by atoms with van der Waals surface area (Å²) in [5, 5.41) is 2.78. The van der Waals surface area contributed by atoms with E-state index < -0.39 is 21.7 Å². The Kier molecular flexibility index (Phi) is 6.08. The van der Waals surface area contributed by atoms with Crippen molar-refractivity contribution in [1.82, 2.24) is 4.72 Å². The Bertz CT molecular complexity index is 1110. The van der Waals surface area contributed by atoms with Crippen molar-refractivity contribution in [3.63, 3.8) is 0 Å². The highest BCUT2D eigenvalue weighted by Crippen LogP contribution is 2.20. The highest BCUT2D eigenvalue weighted by Gasteiger charge is 2.17. The van der Waals surface area contributed by atoms with Crippen LogP contribution in [0.25, 0.3) is 0 Å². The van der Waals surface area contributed by atoms with Crippen molar-refractivity contribution in [2.75, 3.05) is 5.32 Å². The third-order valence-corrected chi connectivity index (χ3v) is 5.53. The van der Waals surface area contributed by atoms with Crippen LogP contribution in [0.15, 0.2) is 77.7 Å². The van der Waals surface area contributed by atoms with Crippen LogP contribution in [0, 0.1) is 5.82 Å². The zero-order valence-electron chi connectivity index (χ0n) is 14.5. The summed E-state index contributed by atoms with van der Waals surface area (Å²) in [5.74, 6) is -1.42. The van der Waals surface area contributed by atoms with Gasteiger partial charge in [0.1, 0.15) is 5.82 Å². The number of amides is 1. The van der Waals surface area contributed by atoms with Crippen molar-refractivity contribution in [1.29, 1.82) is 0 Å². The van der Waals surface area contributed by atoms with E-state index in [9.17, 15) is 17.6 Å². The van der Waals surface area contributed by atoms with Crippen LogP contribution >= 0.6 is 11.6 Å². The van der Waals surface area contributed by atoms with E-state index >= 15 is 0 Å². The molecule has 0 aliphatic heterocycles. The van der Waals surface area contributed by atoms with Gasteiger partial charge < -0.3 is 5.32 Å². The van der Waals surface area contributed by atoms with Gasteiger partial charge in [0.05, 0.1) is 10.6 Å². The third-order valence-electron chi connectivity index (χ3n) is 3.89. The Hall–Kier alpha value is -2.74. The molecule has 0 atom stereocenters. The summed E-state index contributed by atoms with van der Waals surface area (Å²) < 4.78 is 41.5. The number of hydrogen-bond acceptors (Lipinski definition) is 3. The van der Waals surface area contributed by atoms with E-state index in [0.717, 1.165) is 11.6 Å². The number of sulfonamides is 1. The molecule has 0 radical (unpaired) electrons. The first-order valence-corrected chi connectivity index (χ1v) is 10.1. The quantitative estimate of drug-likeness (QED) is 0.629. The molecule has 5 nitrogen and oxygen atoms in total. The minimum Gasteiger partial charge on any atom is -0.319 e.